The number of amidine groups is 1. The van der Waals surface area contributed by atoms with Gasteiger partial charge in [0.25, 0.3) is 0 Å². The maximum Gasteiger partial charge on any atom is 0.188 e. The van der Waals surface area contributed by atoms with Crippen LogP contribution in [0, 0.1) is 5.92 Å². The molecular weight excluding hydrogens is 256 g/mol. The van der Waals surface area contributed by atoms with E-state index in [1.165, 1.54) is 12.8 Å². The molecule has 1 atom stereocenters. The molecule has 2 rings (SSSR count). The number of methoxy groups -OCH3 is 1. The average Bonchev–Trinajstić information content (AvgIpc) is 3.31. The van der Waals surface area contributed by atoms with Gasteiger partial charge in [0.05, 0.1) is 6.61 Å². The van der Waals surface area contributed by atoms with Gasteiger partial charge >= 0.3 is 0 Å². The van der Waals surface area contributed by atoms with Gasteiger partial charge in [-0.2, -0.15) is 0 Å². The third-order valence-corrected chi connectivity index (χ3v) is 3.73. The number of nitrogens with two attached hydrogens (primary N) is 1. The second-order valence-electron chi connectivity index (χ2n) is 5.13. The Bertz CT molecular complexity index is 474. The minimum Gasteiger partial charge on any atom is -0.409 e. The Kier molecular flexibility index (Phi) is 4.79. The van der Waals surface area contributed by atoms with E-state index in [4.69, 9.17) is 15.7 Å². The summed E-state index contributed by atoms with van der Waals surface area (Å²) in [6.07, 6.45) is 2.54. The van der Waals surface area contributed by atoms with Gasteiger partial charge < -0.3 is 20.6 Å². The first-order valence-corrected chi connectivity index (χ1v) is 6.88. The number of rotatable bonds is 7. The van der Waals surface area contributed by atoms with Gasteiger partial charge in [0.2, 0.25) is 0 Å². The maximum absolute atomic E-state index is 8.76. The molecule has 0 radical (unpaired) electrons. The zero-order valence-corrected chi connectivity index (χ0v) is 12.0. The first-order valence-electron chi connectivity index (χ1n) is 6.88. The first-order chi connectivity index (χ1) is 9.67. The van der Waals surface area contributed by atoms with Gasteiger partial charge in [0, 0.05) is 19.7 Å². The lowest BCUT2D eigenvalue weighted by atomic mass is 10.1. The quantitative estimate of drug-likeness (QED) is 0.341. The molecule has 1 aromatic rings. The zero-order valence-electron chi connectivity index (χ0n) is 12.0. The Balaban J connectivity index is 2.22. The van der Waals surface area contributed by atoms with Crippen LogP contribution in [-0.2, 0) is 4.74 Å². The van der Waals surface area contributed by atoms with E-state index in [1.807, 2.05) is 12.1 Å². The van der Waals surface area contributed by atoms with Gasteiger partial charge in [-0.25, -0.2) is 4.98 Å². The lowest BCUT2D eigenvalue weighted by molar-refractivity contribution is 0.202. The second-order valence-corrected chi connectivity index (χ2v) is 5.13. The van der Waals surface area contributed by atoms with Crippen LogP contribution in [0.5, 0.6) is 0 Å². The Hall–Kier alpha value is -1.82. The van der Waals surface area contributed by atoms with E-state index in [0.717, 1.165) is 18.3 Å². The van der Waals surface area contributed by atoms with Crippen molar-refractivity contribution in [3.63, 3.8) is 0 Å². The number of nitrogens with zero attached hydrogens (tertiary/aromatic N) is 3. The SMILES string of the molecule is COCCN(c1cccc(C(N)=NO)n1)C(C)C1CC1. The molecule has 0 aromatic carbocycles. The Morgan fingerprint density at radius 3 is 2.95 bits per heavy atom. The van der Waals surface area contributed by atoms with Crippen LogP contribution in [0.15, 0.2) is 23.4 Å². The molecule has 0 saturated heterocycles. The van der Waals surface area contributed by atoms with Gasteiger partial charge in [-0.1, -0.05) is 11.2 Å². The van der Waals surface area contributed by atoms with Gasteiger partial charge in [0.1, 0.15) is 11.5 Å². The van der Waals surface area contributed by atoms with E-state index in [2.05, 4.69) is 22.0 Å². The van der Waals surface area contributed by atoms with Crippen LogP contribution < -0.4 is 10.6 Å². The van der Waals surface area contributed by atoms with E-state index in [9.17, 15) is 0 Å². The number of ether oxygens (including phenoxy) is 1. The molecule has 1 fully saturated rings. The lowest BCUT2D eigenvalue weighted by Gasteiger charge is -2.30. The molecule has 0 amide bonds. The summed E-state index contributed by atoms with van der Waals surface area (Å²) in [5.74, 6) is 1.59. The zero-order chi connectivity index (χ0) is 14.5. The highest BCUT2D eigenvalue weighted by Crippen LogP contribution is 2.36. The van der Waals surface area contributed by atoms with Crippen molar-refractivity contribution in [3.05, 3.63) is 23.9 Å². The van der Waals surface area contributed by atoms with E-state index >= 15 is 0 Å². The van der Waals surface area contributed by atoms with Crippen LogP contribution in [0.2, 0.25) is 0 Å². The fraction of sp³-hybridized carbons (Fsp3) is 0.571. The highest BCUT2D eigenvalue weighted by Gasteiger charge is 2.32. The number of aromatic nitrogens is 1. The van der Waals surface area contributed by atoms with Crippen LogP contribution in [0.1, 0.15) is 25.5 Å². The average molecular weight is 278 g/mol. The highest BCUT2D eigenvalue weighted by atomic mass is 16.5. The molecular formula is C14H22N4O2. The number of hydrogen-bond donors (Lipinski definition) is 2. The molecule has 6 nitrogen and oxygen atoms in total. The summed E-state index contributed by atoms with van der Waals surface area (Å²) in [6.45, 7) is 3.64. The van der Waals surface area contributed by atoms with Gasteiger partial charge in [-0.05, 0) is 37.8 Å². The fourth-order valence-electron chi connectivity index (χ4n) is 2.33. The Labute approximate surface area is 119 Å². The van der Waals surface area contributed by atoms with Crippen LogP contribution in [-0.4, -0.2) is 42.3 Å². The summed E-state index contributed by atoms with van der Waals surface area (Å²) in [6, 6.07) is 5.97. The molecule has 3 N–H and O–H groups in total. The van der Waals surface area contributed by atoms with Gasteiger partial charge in [0.15, 0.2) is 5.84 Å². The third kappa shape index (κ3) is 3.39. The summed E-state index contributed by atoms with van der Waals surface area (Å²) in [5.41, 5.74) is 6.09. The smallest absolute Gasteiger partial charge is 0.188 e. The predicted octanol–water partition coefficient (Wildman–Crippen LogP) is 1.43. The molecule has 1 aromatic heterocycles. The molecule has 0 spiro atoms. The minimum atomic E-state index is 0.0256. The number of anilines is 1. The van der Waals surface area contributed by atoms with Gasteiger partial charge in [-0.3, -0.25) is 0 Å². The molecule has 1 unspecified atom stereocenters. The number of pyridine rings is 1. The number of hydrogen-bond acceptors (Lipinski definition) is 5. The summed E-state index contributed by atoms with van der Waals surface area (Å²) in [5, 5.41) is 11.8. The van der Waals surface area contributed by atoms with Crippen LogP contribution in [0.25, 0.3) is 0 Å². The van der Waals surface area contributed by atoms with Crippen molar-refractivity contribution < 1.29 is 9.94 Å². The normalized spacial score (nSPS) is 17.0. The van der Waals surface area contributed by atoms with Crippen molar-refractivity contribution in [2.24, 2.45) is 16.8 Å². The Morgan fingerprint density at radius 1 is 1.60 bits per heavy atom. The van der Waals surface area contributed by atoms with E-state index in [-0.39, 0.29) is 5.84 Å². The Morgan fingerprint density at radius 2 is 2.35 bits per heavy atom. The predicted molar refractivity (Wildman–Crippen MR) is 78.2 cm³/mol. The standard InChI is InChI=1S/C14H22N4O2/c1-10(11-6-7-11)18(8-9-20-2)13-5-3-4-12(16-13)14(15)17-19/h3-5,10-11,19H,6-9H2,1-2H3,(H2,15,17). The third-order valence-electron chi connectivity index (χ3n) is 3.73. The van der Waals surface area contributed by atoms with Crippen LogP contribution >= 0.6 is 0 Å². The molecule has 1 saturated carbocycles. The molecule has 1 heterocycles. The van der Waals surface area contributed by atoms with E-state index < -0.39 is 0 Å². The van der Waals surface area contributed by atoms with Crippen molar-refractivity contribution in [1.29, 1.82) is 0 Å². The summed E-state index contributed by atoms with van der Waals surface area (Å²) in [4.78, 5) is 6.71. The van der Waals surface area contributed by atoms with Crippen LogP contribution in [0.3, 0.4) is 0 Å². The van der Waals surface area contributed by atoms with Crippen molar-refractivity contribution in [3.8, 4) is 0 Å². The van der Waals surface area contributed by atoms with Crippen molar-refractivity contribution in [2.45, 2.75) is 25.8 Å². The largest absolute Gasteiger partial charge is 0.409 e. The van der Waals surface area contributed by atoms with Crippen molar-refractivity contribution in [1.82, 2.24) is 4.98 Å². The molecule has 1 aliphatic rings. The second kappa shape index (κ2) is 6.56. The number of oxime groups is 1. The van der Waals surface area contributed by atoms with Gasteiger partial charge in [-0.15, -0.1) is 0 Å². The molecule has 0 bridgehead atoms. The van der Waals surface area contributed by atoms with E-state index in [0.29, 0.717) is 18.3 Å². The molecule has 110 valence electrons. The molecule has 1 aliphatic carbocycles. The summed E-state index contributed by atoms with van der Waals surface area (Å²) >= 11 is 0. The highest BCUT2D eigenvalue weighted by molar-refractivity contribution is 5.95. The van der Waals surface area contributed by atoms with Crippen LogP contribution in [0.4, 0.5) is 5.82 Å². The maximum atomic E-state index is 8.76. The summed E-state index contributed by atoms with van der Waals surface area (Å²) in [7, 11) is 1.69. The van der Waals surface area contributed by atoms with E-state index in [1.54, 1.807) is 13.2 Å². The minimum absolute atomic E-state index is 0.0256. The monoisotopic (exact) mass is 278 g/mol. The molecule has 6 heteroatoms. The van der Waals surface area contributed by atoms with Crippen molar-refractivity contribution >= 4 is 11.7 Å². The first kappa shape index (κ1) is 14.6. The fourth-order valence-corrected chi connectivity index (χ4v) is 2.33. The lowest BCUT2D eigenvalue weighted by Crippen LogP contribution is -2.38. The summed E-state index contributed by atoms with van der Waals surface area (Å²) < 4.78 is 5.19. The molecule has 20 heavy (non-hydrogen) atoms. The van der Waals surface area contributed by atoms with Crippen molar-refractivity contribution in [2.75, 3.05) is 25.2 Å². The molecule has 0 aliphatic heterocycles. The topological polar surface area (TPSA) is 84.0 Å².